The monoisotopic (exact) mass is 223 g/mol. The van der Waals surface area contributed by atoms with E-state index < -0.39 is 18.6 Å². The molecule has 0 fully saturated rings. The number of aliphatic carboxylic acids is 1. The zero-order valence-corrected chi connectivity index (χ0v) is 9.55. The molecular formula is C12H17NO3. The average molecular weight is 223 g/mol. The van der Waals surface area contributed by atoms with Crippen LogP contribution in [0, 0.1) is 0 Å². The van der Waals surface area contributed by atoms with Crippen LogP contribution in [-0.4, -0.2) is 35.9 Å². The Kier molecular flexibility index (Phi) is 4.31. The van der Waals surface area contributed by atoms with Crippen LogP contribution in [0.4, 0.5) is 5.69 Å². The van der Waals surface area contributed by atoms with Crippen LogP contribution < -0.4 is 4.90 Å². The van der Waals surface area contributed by atoms with E-state index in [2.05, 4.69) is 0 Å². The third-order valence-corrected chi connectivity index (χ3v) is 2.68. The predicted molar refractivity (Wildman–Crippen MR) is 62.7 cm³/mol. The highest BCUT2D eigenvalue weighted by Gasteiger charge is 2.22. The Morgan fingerprint density at radius 3 is 2.56 bits per heavy atom. The smallest absolute Gasteiger partial charge is 0.328 e. The molecule has 0 amide bonds. The van der Waals surface area contributed by atoms with E-state index in [4.69, 9.17) is 10.2 Å². The van der Waals surface area contributed by atoms with E-state index in [1.54, 1.807) is 11.9 Å². The van der Waals surface area contributed by atoms with E-state index in [0.29, 0.717) is 0 Å². The van der Waals surface area contributed by atoms with Crippen molar-refractivity contribution in [3.8, 4) is 0 Å². The van der Waals surface area contributed by atoms with Crippen LogP contribution in [0.1, 0.15) is 12.5 Å². The number of aliphatic hydroxyl groups is 1. The Labute approximate surface area is 95.1 Å². The maximum atomic E-state index is 10.9. The van der Waals surface area contributed by atoms with Crippen LogP contribution in [0.3, 0.4) is 0 Å². The van der Waals surface area contributed by atoms with Gasteiger partial charge in [-0.25, -0.2) is 4.79 Å². The van der Waals surface area contributed by atoms with Crippen LogP contribution in [0.5, 0.6) is 0 Å². The van der Waals surface area contributed by atoms with Crippen molar-refractivity contribution in [2.45, 2.75) is 19.4 Å². The minimum atomic E-state index is -1.02. The van der Waals surface area contributed by atoms with Crippen molar-refractivity contribution >= 4 is 11.7 Å². The maximum absolute atomic E-state index is 10.9. The quantitative estimate of drug-likeness (QED) is 0.785. The van der Waals surface area contributed by atoms with Crippen molar-refractivity contribution < 1.29 is 15.0 Å². The molecule has 1 atom stereocenters. The zero-order valence-electron chi connectivity index (χ0n) is 9.55. The summed E-state index contributed by atoms with van der Waals surface area (Å²) in [5, 5.41) is 18.0. The third kappa shape index (κ3) is 2.52. The van der Waals surface area contributed by atoms with Crippen LogP contribution in [0.25, 0.3) is 0 Å². The Hall–Kier alpha value is -1.55. The molecule has 1 unspecified atom stereocenters. The first-order valence-electron chi connectivity index (χ1n) is 5.26. The predicted octanol–water partition coefficient (Wildman–Crippen LogP) is 1.13. The SMILES string of the molecule is CCc1ccccc1N(C)C(CO)C(=O)O. The molecule has 0 heterocycles. The highest BCUT2D eigenvalue weighted by molar-refractivity contribution is 5.78. The van der Waals surface area contributed by atoms with E-state index in [0.717, 1.165) is 17.7 Å². The molecule has 0 aromatic heterocycles. The van der Waals surface area contributed by atoms with Crippen molar-refractivity contribution in [3.05, 3.63) is 29.8 Å². The van der Waals surface area contributed by atoms with E-state index in [9.17, 15) is 4.79 Å². The minimum Gasteiger partial charge on any atom is -0.480 e. The highest BCUT2D eigenvalue weighted by atomic mass is 16.4. The van der Waals surface area contributed by atoms with Crippen LogP contribution >= 0.6 is 0 Å². The lowest BCUT2D eigenvalue weighted by atomic mass is 10.1. The van der Waals surface area contributed by atoms with Crippen molar-refractivity contribution in [1.29, 1.82) is 0 Å². The van der Waals surface area contributed by atoms with Gasteiger partial charge in [-0.3, -0.25) is 0 Å². The summed E-state index contributed by atoms with van der Waals surface area (Å²) in [6.45, 7) is 1.62. The van der Waals surface area contributed by atoms with Crippen LogP contribution in [0.2, 0.25) is 0 Å². The summed E-state index contributed by atoms with van der Waals surface area (Å²) in [5.74, 6) is -1.02. The zero-order chi connectivity index (χ0) is 12.1. The number of hydrogen-bond donors (Lipinski definition) is 2. The number of rotatable bonds is 5. The number of benzene rings is 1. The molecule has 88 valence electrons. The second kappa shape index (κ2) is 5.51. The molecule has 0 spiro atoms. The molecule has 0 saturated carbocycles. The van der Waals surface area contributed by atoms with Crippen LogP contribution in [0.15, 0.2) is 24.3 Å². The van der Waals surface area contributed by atoms with Gasteiger partial charge < -0.3 is 15.1 Å². The normalized spacial score (nSPS) is 12.2. The van der Waals surface area contributed by atoms with Crippen molar-refractivity contribution in [1.82, 2.24) is 0 Å². The van der Waals surface area contributed by atoms with Gasteiger partial charge in [-0.05, 0) is 18.1 Å². The minimum absolute atomic E-state index is 0.399. The number of aliphatic hydroxyl groups excluding tert-OH is 1. The summed E-state index contributed by atoms with van der Waals surface area (Å²) in [6.07, 6.45) is 0.832. The summed E-state index contributed by atoms with van der Waals surface area (Å²) >= 11 is 0. The second-order valence-electron chi connectivity index (χ2n) is 3.63. The number of likely N-dealkylation sites (N-methyl/N-ethyl adjacent to an activating group) is 1. The van der Waals surface area contributed by atoms with Gasteiger partial charge in [0.25, 0.3) is 0 Å². The molecule has 0 bridgehead atoms. The molecule has 1 rings (SSSR count). The molecule has 4 nitrogen and oxygen atoms in total. The van der Waals surface area contributed by atoms with Crippen LogP contribution in [-0.2, 0) is 11.2 Å². The van der Waals surface area contributed by atoms with E-state index in [1.807, 2.05) is 31.2 Å². The molecule has 1 aromatic rings. The standard InChI is InChI=1S/C12H17NO3/c1-3-9-6-4-5-7-10(9)13(2)11(8-14)12(15)16/h4-7,11,14H,3,8H2,1-2H3,(H,15,16). The lowest BCUT2D eigenvalue weighted by Crippen LogP contribution is -2.41. The molecule has 1 aromatic carbocycles. The number of anilines is 1. The number of hydrogen-bond acceptors (Lipinski definition) is 3. The Morgan fingerprint density at radius 2 is 2.06 bits per heavy atom. The van der Waals surface area contributed by atoms with Gasteiger partial charge >= 0.3 is 5.97 Å². The molecule has 0 saturated heterocycles. The molecule has 0 aliphatic heterocycles. The van der Waals surface area contributed by atoms with Gasteiger partial charge in [-0.2, -0.15) is 0 Å². The van der Waals surface area contributed by atoms with E-state index >= 15 is 0 Å². The average Bonchev–Trinajstić information content (AvgIpc) is 2.29. The summed E-state index contributed by atoms with van der Waals surface area (Å²) in [6, 6.07) is 6.71. The lowest BCUT2D eigenvalue weighted by Gasteiger charge is -2.27. The third-order valence-electron chi connectivity index (χ3n) is 2.68. The van der Waals surface area contributed by atoms with Gasteiger partial charge in [0.2, 0.25) is 0 Å². The Balaban J connectivity index is 3.02. The number of carboxylic acid groups (broad SMARTS) is 1. The van der Waals surface area contributed by atoms with Gasteiger partial charge in [0.15, 0.2) is 0 Å². The molecule has 2 N–H and O–H groups in total. The number of carboxylic acids is 1. The molecular weight excluding hydrogens is 206 g/mol. The summed E-state index contributed by atoms with van der Waals surface area (Å²) in [7, 11) is 1.68. The first-order valence-corrected chi connectivity index (χ1v) is 5.26. The summed E-state index contributed by atoms with van der Waals surface area (Å²) < 4.78 is 0. The Morgan fingerprint density at radius 1 is 1.44 bits per heavy atom. The first kappa shape index (κ1) is 12.5. The fourth-order valence-corrected chi connectivity index (χ4v) is 1.69. The van der Waals surface area contributed by atoms with Crippen molar-refractivity contribution in [2.24, 2.45) is 0 Å². The van der Waals surface area contributed by atoms with Crippen molar-refractivity contribution in [3.63, 3.8) is 0 Å². The molecule has 0 radical (unpaired) electrons. The van der Waals surface area contributed by atoms with E-state index in [1.165, 1.54) is 0 Å². The van der Waals surface area contributed by atoms with Gasteiger partial charge in [0, 0.05) is 12.7 Å². The first-order chi connectivity index (χ1) is 7.61. The molecule has 0 aliphatic carbocycles. The number of aryl methyl sites for hydroxylation is 1. The van der Waals surface area contributed by atoms with Gasteiger partial charge in [0.1, 0.15) is 6.04 Å². The molecule has 4 heteroatoms. The van der Waals surface area contributed by atoms with E-state index in [-0.39, 0.29) is 0 Å². The largest absolute Gasteiger partial charge is 0.480 e. The highest BCUT2D eigenvalue weighted by Crippen LogP contribution is 2.21. The fourth-order valence-electron chi connectivity index (χ4n) is 1.69. The lowest BCUT2D eigenvalue weighted by molar-refractivity contribution is -0.139. The number of nitrogens with zero attached hydrogens (tertiary/aromatic N) is 1. The summed E-state index contributed by atoms with van der Waals surface area (Å²) in [4.78, 5) is 12.5. The number of carbonyl (C=O) groups is 1. The van der Waals surface area contributed by atoms with Gasteiger partial charge in [0.05, 0.1) is 6.61 Å². The second-order valence-corrected chi connectivity index (χ2v) is 3.63. The molecule has 16 heavy (non-hydrogen) atoms. The van der Waals surface area contributed by atoms with Gasteiger partial charge in [-0.15, -0.1) is 0 Å². The fraction of sp³-hybridized carbons (Fsp3) is 0.417. The molecule has 0 aliphatic rings. The number of para-hydroxylation sites is 1. The summed E-state index contributed by atoms with van der Waals surface area (Å²) in [5.41, 5.74) is 1.93. The topological polar surface area (TPSA) is 60.8 Å². The Bertz CT molecular complexity index is 365. The maximum Gasteiger partial charge on any atom is 0.328 e. The van der Waals surface area contributed by atoms with Gasteiger partial charge in [-0.1, -0.05) is 25.1 Å². The van der Waals surface area contributed by atoms with Crippen molar-refractivity contribution in [2.75, 3.05) is 18.6 Å².